The summed E-state index contributed by atoms with van der Waals surface area (Å²) in [4.78, 5) is 1.51. The zero-order valence-corrected chi connectivity index (χ0v) is 11.7. The topological polar surface area (TPSA) is 12.0 Å². The molecule has 2 aromatic rings. The fourth-order valence-corrected chi connectivity index (χ4v) is 3.59. The molecule has 0 aliphatic carbocycles. The first-order valence-electron chi connectivity index (χ1n) is 6.45. The van der Waals surface area contributed by atoms with E-state index in [0.717, 1.165) is 13.1 Å². The van der Waals surface area contributed by atoms with Gasteiger partial charge in [0.05, 0.1) is 0 Å². The van der Waals surface area contributed by atoms with Crippen LogP contribution in [0.1, 0.15) is 43.6 Å². The Hall–Kier alpha value is -0.860. The van der Waals surface area contributed by atoms with E-state index in [2.05, 4.69) is 50.4 Å². The van der Waals surface area contributed by atoms with Crippen LogP contribution >= 0.6 is 11.3 Å². The molecule has 0 spiro atoms. The summed E-state index contributed by atoms with van der Waals surface area (Å²) in [6.45, 7) is 8.91. The van der Waals surface area contributed by atoms with Crippen LogP contribution in [0.5, 0.6) is 0 Å². The summed E-state index contributed by atoms with van der Waals surface area (Å²) in [7, 11) is 0. The molecular weight excluding hydrogens is 226 g/mol. The van der Waals surface area contributed by atoms with E-state index in [9.17, 15) is 0 Å². The van der Waals surface area contributed by atoms with Crippen LogP contribution < -0.4 is 5.32 Å². The summed E-state index contributed by atoms with van der Waals surface area (Å²) < 4.78 is 1.42. The normalized spacial score (nSPS) is 11.5. The summed E-state index contributed by atoms with van der Waals surface area (Å²) in [5.41, 5.74) is 1.54. The lowest BCUT2D eigenvalue weighted by atomic mass is 9.99. The Kier molecular flexibility index (Phi) is 4.19. The summed E-state index contributed by atoms with van der Waals surface area (Å²) >= 11 is 1.94. The van der Waals surface area contributed by atoms with Crippen LogP contribution in [0.3, 0.4) is 0 Å². The Labute approximate surface area is 108 Å². The molecule has 2 heteroatoms. The number of nitrogens with one attached hydrogen (secondary N) is 1. The molecule has 0 aliphatic heterocycles. The van der Waals surface area contributed by atoms with Gasteiger partial charge < -0.3 is 5.32 Å². The Morgan fingerprint density at radius 2 is 2.00 bits per heavy atom. The maximum atomic E-state index is 3.52. The van der Waals surface area contributed by atoms with Crippen LogP contribution in [-0.2, 0) is 6.54 Å². The fourth-order valence-electron chi connectivity index (χ4n) is 2.26. The predicted octanol–water partition coefficient (Wildman–Crippen LogP) is 4.52. The number of rotatable bonds is 5. The third-order valence-corrected chi connectivity index (χ3v) is 4.19. The molecule has 0 fully saturated rings. The van der Waals surface area contributed by atoms with Crippen LogP contribution in [0.25, 0.3) is 10.1 Å². The first-order chi connectivity index (χ1) is 8.24. The number of hydrogen-bond donors (Lipinski definition) is 1. The van der Waals surface area contributed by atoms with Crippen LogP contribution in [0.15, 0.2) is 24.3 Å². The van der Waals surface area contributed by atoms with Crippen LogP contribution in [0.4, 0.5) is 0 Å². The van der Waals surface area contributed by atoms with Gasteiger partial charge in [-0.2, -0.15) is 0 Å². The van der Waals surface area contributed by atoms with Crippen LogP contribution in [0, 0.1) is 0 Å². The highest BCUT2D eigenvalue weighted by Gasteiger charge is 2.13. The highest BCUT2D eigenvalue weighted by molar-refractivity contribution is 7.19. The Morgan fingerprint density at radius 3 is 2.71 bits per heavy atom. The standard InChI is InChI=1S/C15H21NS/c1-4-9-16-10-14-15(11(2)3)12-7-5-6-8-13(12)17-14/h5-8,11,16H,4,9-10H2,1-3H3. The largest absolute Gasteiger partial charge is 0.312 e. The van der Waals surface area contributed by atoms with E-state index in [1.165, 1.54) is 26.9 Å². The number of hydrogen-bond acceptors (Lipinski definition) is 2. The molecule has 1 aromatic carbocycles. The first-order valence-corrected chi connectivity index (χ1v) is 7.26. The van der Waals surface area contributed by atoms with E-state index in [1.807, 2.05) is 11.3 Å². The molecule has 0 amide bonds. The minimum atomic E-state index is 0.601. The maximum absolute atomic E-state index is 3.52. The molecular formula is C15H21NS. The predicted molar refractivity (Wildman–Crippen MR) is 77.9 cm³/mol. The van der Waals surface area contributed by atoms with Crippen molar-refractivity contribution in [2.45, 2.75) is 39.7 Å². The van der Waals surface area contributed by atoms with Crippen molar-refractivity contribution >= 4 is 21.4 Å². The van der Waals surface area contributed by atoms with E-state index in [-0.39, 0.29) is 0 Å². The molecule has 0 bridgehead atoms. The van der Waals surface area contributed by atoms with Gasteiger partial charge in [-0.05, 0) is 35.9 Å². The highest BCUT2D eigenvalue weighted by Crippen LogP contribution is 2.35. The first kappa shape index (κ1) is 12.6. The van der Waals surface area contributed by atoms with Gasteiger partial charge in [0, 0.05) is 16.1 Å². The molecule has 1 heterocycles. The van der Waals surface area contributed by atoms with Gasteiger partial charge in [-0.25, -0.2) is 0 Å². The van der Waals surface area contributed by atoms with E-state index in [1.54, 1.807) is 0 Å². The molecule has 17 heavy (non-hydrogen) atoms. The lowest BCUT2D eigenvalue weighted by molar-refractivity contribution is 0.675. The molecule has 1 N–H and O–H groups in total. The van der Waals surface area contributed by atoms with Gasteiger partial charge in [0.1, 0.15) is 0 Å². The van der Waals surface area contributed by atoms with Crippen molar-refractivity contribution in [1.29, 1.82) is 0 Å². The molecule has 0 radical (unpaired) electrons. The van der Waals surface area contributed by atoms with Crippen molar-refractivity contribution in [1.82, 2.24) is 5.32 Å². The second kappa shape index (κ2) is 5.65. The molecule has 0 saturated heterocycles. The van der Waals surface area contributed by atoms with Gasteiger partial charge in [0.2, 0.25) is 0 Å². The van der Waals surface area contributed by atoms with E-state index < -0.39 is 0 Å². The van der Waals surface area contributed by atoms with Gasteiger partial charge in [-0.15, -0.1) is 11.3 Å². The molecule has 2 rings (SSSR count). The molecule has 0 aliphatic rings. The van der Waals surface area contributed by atoms with Crippen molar-refractivity contribution in [2.75, 3.05) is 6.54 Å². The Bertz CT molecular complexity index is 485. The van der Waals surface area contributed by atoms with Gasteiger partial charge in [0.15, 0.2) is 0 Å². The van der Waals surface area contributed by atoms with E-state index in [4.69, 9.17) is 0 Å². The minimum Gasteiger partial charge on any atom is -0.312 e. The molecule has 0 unspecified atom stereocenters. The van der Waals surface area contributed by atoms with Crippen molar-refractivity contribution in [2.24, 2.45) is 0 Å². The number of benzene rings is 1. The van der Waals surface area contributed by atoms with E-state index in [0.29, 0.717) is 5.92 Å². The number of thiophene rings is 1. The number of fused-ring (bicyclic) bond motifs is 1. The smallest absolute Gasteiger partial charge is 0.0349 e. The molecule has 1 nitrogen and oxygen atoms in total. The highest BCUT2D eigenvalue weighted by atomic mass is 32.1. The van der Waals surface area contributed by atoms with Gasteiger partial charge in [-0.1, -0.05) is 39.0 Å². The molecule has 0 saturated carbocycles. The van der Waals surface area contributed by atoms with Crippen molar-refractivity contribution in [3.05, 3.63) is 34.7 Å². The van der Waals surface area contributed by atoms with Crippen molar-refractivity contribution < 1.29 is 0 Å². The molecule has 1 aromatic heterocycles. The fraction of sp³-hybridized carbons (Fsp3) is 0.467. The molecule has 0 atom stereocenters. The van der Waals surface area contributed by atoms with E-state index >= 15 is 0 Å². The van der Waals surface area contributed by atoms with Gasteiger partial charge in [-0.3, -0.25) is 0 Å². The SMILES string of the molecule is CCCNCc1sc2ccccc2c1C(C)C. The lowest BCUT2D eigenvalue weighted by Gasteiger charge is -2.08. The zero-order chi connectivity index (χ0) is 12.3. The minimum absolute atomic E-state index is 0.601. The third-order valence-electron chi connectivity index (χ3n) is 3.00. The lowest BCUT2D eigenvalue weighted by Crippen LogP contribution is -2.14. The summed E-state index contributed by atoms with van der Waals surface area (Å²) in [5, 5.41) is 4.96. The Morgan fingerprint density at radius 1 is 1.24 bits per heavy atom. The zero-order valence-electron chi connectivity index (χ0n) is 10.9. The quantitative estimate of drug-likeness (QED) is 0.766. The second-order valence-electron chi connectivity index (χ2n) is 4.77. The van der Waals surface area contributed by atoms with Crippen LogP contribution in [0.2, 0.25) is 0 Å². The van der Waals surface area contributed by atoms with Crippen molar-refractivity contribution in [3.8, 4) is 0 Å². The maximum Gasteiger partial charge on any atom is 0.0349 e. The van der Waals surface area contributed by atoms with Crippen LogP contribution in [-0.4, -0.2) is 6.54 Å². The van der Waals surface area contributed by atoms with Crippen molar-refractivity contribution in [3.63, 3.8) is 0 Å². The summed E-state index contributed by atoms with van der Waals surface area (Å²) in [6.07, 6.45) is 1.20. The second-order valence-corrected chi connectivity index (χ2v) is 5.90. The van der Waals surface area contributed by atoms with Gasteiger partial charge in [0.25, 0.3) is 0 Å². The average molecular weight is 247 g/mol. The summed E-state index contributed by atoms with van der Waals surface area (Å²) in [5.74, 6) is 0.601. The average Bonchev–Trinajstić information content (AvgIpc) is 2.67. The molecule has 92 valence electrons. The summed E-state index contributed by atoms with van der Waals surface area (Å²) in [6, 6.07) is 8.76. The Balaban J connectivity index is 2.36. The monoisotopic (exact) mass is 247 g/mol. The van der Waals surface area contributed by atoms with Gasteiger partial charge >= 0.3 is 0 Å². The third kappa shape index (κ3) is 2.70.